The molecule has 16 aromatic carbocycles. The second-order valence-electron chi connectivity index (χ2n) is 25.8. The third-order valence-corrected chi connectivity index (χ3v) is 31.1. The van der Waals surface area contributed by atoms with Gasteiger partial charge in [0.25, 0.3) is 0 Å². The van der Waals surface area contributed by atoms with Gasteiger partial charge in [-0.1, -0.05) is 205 Å². The highest BCUT2D eigenvalue weighted by Crippen LogP contribution is 2.38. The molecule has 0 unspecified atom stereocenters. The van der Waals surface area contributed by atoms with Crippen molar-refractivity contribution in [3.63, 3.8) is 0 Å². The summed E-state index contributed by atoms with van der Waals surface area (Å²) in [5, 5.41) is 68.5. The fraction of sp³-hybridized carbons (Fsp3) is 0.00990. The lowest BCUT2D eigenvalue weighted by Crippen LogP contribution is -2.23. The van der Waals surface area contributed by atoms with Gasteiger partial charge in [-0.2, -0.15) is 13.2 Å². The van der Waals surface area contributed by atoms with Gasteiger partial charge < -0.3 is 40.5 Å². The topological polar surface area (TPSA) is 221 Å². The fourth-order valence-electron chi connectivity index (χ4n) is 11.3. The predicted octanol–water partition coefficient (Wildman–Crippen LogP) is 25.0. The summed E-state index contributed by atoms with van der Waals surface area (Å²) >= 11 is 9.99. The molecule has 0 fully saturated rings. The van der Waals surface area contributed by atoms with Crippen LogP contribution in [0.2, 0.25) is 0 Å². The molecule has 0 radical (unpaired) electrons. The number of aromatic carboxylic acids is 4. The number of carboxylic acids is 4. The van der Waals surface area contributed by atoms with E-state index in [-0.39, 0.29) is 61.5 Å². The highest BCUT2D eigenvalue weighted by atomic mass is 127. The number of para-hydroxylation sites is 2. The zero-order valence-corrected chi connectivity index (χ0v) is 80.2. The van der Waals surface area contributed by atoms with Gasteiger partial charge in [0, 0.05) is 29.5 Å². The van der Waals surface area contributed by atoms with E-state index >= 15 is 0 Å². The highest BCUT2D eigenvalue weighted by Gasteiger charge is 2.36. The molecule has 0 aliphatic carbocycles. The maximum atomic E-state index is 13.2. The number of rotatable bonds is 16. The van der Waals surface area contributed by atoms with Crippen molar-refractivity contribution in [3.05, 3.63) is 476 Å². The molecule has 3 N–H and O–H groups in total. The summed E-state index contributed by atoms with van der Waals surface area (Å²) in [6.07, 6.45) is -4.33. The minimum Gasteiger partial charge on any atom is -0.872 e. The highest BCUT2D eigenvalue weighted by molar-refractivity contribution is 14.1. The summed E-state index contributed by atoms with van der Waals surface area (Å²) < 4.78 is 82.4. The second-order valence-corrected chi connectivity index (χ2v) is 39.8. The van der Waals surface area contributed by atoms with Gasteiger partial charge in [0.2, 0.25) is 0 Å². The molecule has 0 aliphatic heterocycles. The van der Waals surface area contributed by atoms with Gasteiger partial charge in [-0.3, -0.25) is 0 Å². The van der Waals surface area contributed by atoms with Crippen molar-refractivity contribution >= 4 is 180 Å². The van der Waals surface area contributed by atoms with Crippen LogP contribution in [0.3, 0.4) is 0 Å². The first-order chi connectivity index (χ1) is 61.1. The lowest BCUT2D eigenvalue weighted by molar-refractivity contribution is -0.270. The first kappa shape index (κ1) is 100. The molecule has 127 heavy (non-hydrogen) atoms. The molecule has 26 heteroatoms. The number of hydrogen-bond donors (Lipinski definition) is 3. The Morgan fingerprint density at radius 3 is 0.732 bits per heavy atom. The first-order valence-corrected chi connectivity index (χ1v) is 47.9. The third-order valence-electron chi connectivity index (χ3n) is 17.1. The second kappa shape index (κ2) is 51.4. The van der Waals surface area contributed by atoms with Crippen LogP contribution in [0, 0.1) is 35.3 Å². The normalized spacial score (nSPS) is 10.5. The number of hydrogen-bond acceptors (Lipinski definition) is 8. The molecule has 0 saturated carbocycles. The van der Waals surface area contributed by atoms with Gasteiger partial charge >= 0.3 is 24.1 Å². The van der Waals surface area contributed by atoms with E-state index in [0.29, 0.717) is 8.47 Å². The molecule has 16 aromatic rings. The zero-order chi connectivity index (χ0) is 91.4. The van der Waals surface area contributed by atoms with E-state index in [9.17, 15) is 65.9 Å². The largest absolute Gasteiger partial charge is 0.872 e. The van der Waals surface area contributed by atoms with Crippen LogP contribution in [0.1, 0.15) is 47.0 Å². The van der Waals surface area contributed by atoms with E-state index < -0.39 is 74.7 Å². The molecule has 16 rings (SSSR count). The van der Waals surface area contributed by atoms with Gasteiger partial charge in [-0.25, -0.2) is 27.6 Å². The van der Waals surface area contributed by atoms with Crippen LogP contribution >= 0.6 is 113 Å². The van der Waals surface area contributed by atoms with Crippen LogP contribution in [0.5, 0.6) is 17.2 Å². The van der Waals surface area contributed by atoms with Crippen LogP contribution in [-0.2, 0) is 49.8 Å². The molecule has 11 nitrogen and oxygen atoms in total. The number of halogens is 11. The lowest BCUT2D eigenvalue weighted by Gasteiger charge is -2.12. The molecule has 0 aliphatic rings. The number of carbonyl (C=O) groups is 4. The van der Waals surface area contributed by atoms with Gasteiger partial charge in [0.05, 0.1) is 71.8 Å². The predicted molar refractivity (Wildman–Crippen MR) is 524 cm³/mol. The summed E-state index contributed by atoms with van der Waals surface area (Å²) in [6, 6.07) is 125. The minimum atomic E-state index is -4.33. The number of alkyl halides is 3. The Kier molecular flexibility index (Phi) is 40.6. The van der Waals surface area contributed by atoms with Gasteiger partial charge in [0.1, 0.15) is 17.5 Å². The van der Waals surface area contributed by atoms with Crippen molar-refractivity contribution in [1.29, 1.82) is 0 Å². The Labute approximate surface area is 810 Å². The summed E-state index contributed by atoms with van der Waals surface area (Å²) in [5.41, 5.74) is -0.859. The van der Waals surface area contributed by atoms with Crippen molar-refractivity contribution in [2.24, 2.45) is 0 Å². The summed E-state index contributed by atoms with van der Waals surface area (Å²) in [6.45, 7) is 0. The fourth-order valence-corrected chi connectivity index (χ4v) is 23.9. The van der Waals surface area contributed by atoms with Crippen LogP contribution < -0.4 is 20.4 Å². The number of carboxylic acid groups (broad SMARTS) is 4. The van der Waals surface area contributed by atoms with Crippen LogP contribution in [0.4, 0.5) is 26.3 Å². The van der Waals surface area contributed by atoms with E-state index in [0.717, 1.165) is 44.8 Å². The molecule has 642 valence electrons. The standard InChI is InChI=1S/C19H14F3S.C18H12F3S.2C18H15S.C7H3I3O2.C7H4I2O3.2C7H6O3/c20-19(21,22)15-8-7-13-18(14-15)23(16-9-3-1-4-10-16)17-11-5-2-6-12-17;19-13-1-7-16(8-2-13)22(17-9-3-14(20)4-10-17)18-11-5-15(21)6-12-18;2*1-4-10-16(11-5-1)19(17-12-6-2-7-13-17)18-14-8-3-9-15-18;2*8-3-1-4(7(11)12)6(10)5(9)2-3;2*8-6-4-2-1-3-5(6)7(9)10/h1-14H;1-12H;2*1-15H;1-2H,(H,11,12);1-2,10H,(H,11,12);2*1-4,8H,(H,9,10)/q4*+1;;;;/p-4. The molecule has 0 atom stereocenters. The van der Waals surface area contributed by atoms with Crippen molar-refractivity contribution in [3.8, 4) is 17.2 Å². The monoisotopic (exact) mass is 2340 g/mol. The van der Waals surface area contributed by atoms with Gasteiger partial charge in [0.15, 0.2) is 58.7 Å². The number of carbonyl (C=O) groups excluding carboxylic acids is 1. The van der Waals surface area contributed by atoms with Crippen molar-refractivity contribution in [2.45, 2.75) is 64.9 Å². The maximum Gasteiger partial charge on any atom is 0.416 e. The van der Waals surface area contributed by atoms with E-state index in [4.69, 9.17) is 15.3 Å². The van der Waals surface area contributed by atoms with Crippen molar-refractivity contribution in [2.75, 3.05) is 0 Å². The smallest absolute Gasteiger partial charge is 0.416 e. The molecule has 0 saturated heterocycles. The summed E-state index contributed by atoms with van der Waals surface area (Å²) in [4.78, 5) is 55.1. The lowest BCUT2D eigenvalue weighted by atomic mass is 10.2. The molecular weight excluding hydrogens is 2270 g/mol. The van der Waals surface area contributed by atoms with Crippen molar-refractivity contribution in [1.82, 2.24) is 0 Å². The Hall–Kier alpha value is -10.6. The Morgan fingerprint density at radius 2 is 0.488 bits per heavy atom. The molecule has 0 aromatic heterocycles. The van der Waals surface area contributed by atoms with E-state index in [1.807, 2.05) is 135 Å². The molecular formula is C101H71F6I5O11S4. The number of benzene rings is 16. The average molecular weight is 2340 g/mol. The van der Waals surface area contributed by atoms with E-state index in [1.54, 1.807) is 54.6 Å². The van der Waals surface area contributed by atoms with E-state index in [1.165, 1.54) is 133 Å². The molecule has 0 amide bonds. The van der Waals surface area contributed by atoms with Crippen molar-refractivity contribution < 1.29 is 81.3 Å². The average Bonchev–Trinajstić information content (AvgIpc) is 0.827. The Morgan fingerprint density at radius 1 is 0.260 bits per heavy atom. The van der Waals surface area contributed by atoms with Crippen LogP contribution in [0.25, 0.3) is 0 Å². The minimum absolute atomic E-state index is 0.0146. The summed E-state index contributed by atoms with van der Waals surface area (Å²) in [7, 11) is -1.13. The molecule has 0 heterocycles. The molecule has 0 bridgehead atoms. The van der Waals surface area contributed by atoms with Crippen LogP contribution in [0.15, 0.2) is 471 Å². The Bertz CT molecular complexity index is 5600. The Balaban J connectivity index is 0.000000167. The SMILES string of the molecule is FC(F)(F)c1cccc([S+](c2ccccc2)c2ccccc2)c1.Fc1ccc([S+](c2ccc(F)cc2)c2ccc(F)cc2)cc1.O=C(O)c1cc(I)cc(I)c1[O-].O=C(O)c1ccccc1[O-].O=C(O)c1ccccc1[O-].O=C([O-])c1cc(I)cc(I)c1I.c1ccc([S+](c2ccccc2)c2ccccc2)cc1.c1ccc([S+](c2ccccc2)c2ccccc2)cc1. The maximum absolute atomic E-state index is 13.2. The van der Waals surface area contributed by atoms with E-state index in [2.05, 4.69) is 227 Å². The quantitative estimate of drug-likeness (QED) is 0.0357. The third kappa shape index (κ3) is 31.4. The first-order valence-electron chi connectivity index (χ1n) is 37.6. The molecule has 0 spiro atoms. The van der Waals surface area contributed by atoms with Gasteiger partial charge in [-0.05, 0) is 331 Å². The van der Waals surface area contributed by atoms with Crippen LogP contribution in [-0.4, -0.2) is 39.2 Å². The zero-order valence-electron chi connectivity index (χ0n) is 66.2. The van der Waals surface area contributed by atoms with Gasteiger partial charge in [-0.15, -0.1) is 0 Å². The summed E-state index contributed by atoms with van der Waals surface area (Å²) in [5.74, 6) is -6.89.